The molecule has 33 heavy (non-hydrogen) atoms. The van der Waals surface area contributed by atoms with Gasteiger partial charge in [0.2, 0.25) is 5.91 Å². The van der Waals surface area contributed by atoms with Gasteiger partial charge in [-0.05, 0) is 11.8 Å². The first kappa shape index (κ1) is 25.1. The van der Waals surface area contributed by atoms with E-state index in [0.29, 0.717) is 26.4 Å². The third-order valence-electron chi connectivity index (χ3n) is 4.28. The van der Waals surface area contributed by atoms with Gasteiger partial charge in [-0.25, -0.2) is 9.59 Å². The second-order valence-corrected chi connectivity index (χ2v) is 10.8. The molecular formula is C16H20N8O5S4. The standard InChI is InChI=1S/C16H20N8O5S4/c1-30-5-7(25)20-9-11(26)24-10(13(27)28)6(3-31-12(9)24)4-32-16-23-22-8(33-16)2-19-15(29)21-14(17)18/h9,12H,2-5H2,1H3,(H,20,25)(H,27,28)(H5,17,18,19,21,29)/t9?,12-/m0/s1. The number of hydrogen-bond acceptors (Lipinski definition) is 10. The van der Waals surface area contributed by atoms with Gasteiger partial charge in [-0.3, -0.25) is 14.5 Å². The van der Waals surface area contributed by atoms with Gasteiger partial charge in [0.05, 0.1) is 12.3 Å². The fraction of sp³-hybridized carbons (Fsp3) is 0.438. The number of carbonyl (C=O) groups excluding carboxylic acids is 3. The van der Waals surface area contributed by atoms with Crippen LogP contribution < -0.4 is 22.1 Å². The lowest BCUT2D eigenvalue weighted by Gasteiger charge is -2.49. The maximum atomic E-state index is 12.6. The summed E-state index contributed by atoms with van der Waals surface area (Å²) in [4.78, 5) is 52.3. The summed E-state index contributed by atoms with van der Waals surface area (Å²) in [5.74, 6) is -1.32. The normalized spacial score (nSPS) is 19.4. The highest BCUT2D eigenvalue weighted by atomic mass is 32.2. The summed E-state index contributed by atoms with van der Waals surface area (Å²) in [6, 6.07) is -1.43. The van der Waals surface area contributed by atoms with Crippen molar-refractivity contribution < 1.29 is 24.3 Å². The Morgan fingerprint density at radius 2 is 2.09 bits per heavy atom. The number of hydrogen-bond donors (Lipinski definition) is 5. The Morgan fingerprint density at radius 1 is 1.33 bits per heavy atom. The second-order valence-electron chi connectivity index (χ2n) is 6.59. The quantitative estimate of drug-likeness (QED) is 0.115. The number of β-lactam (4-membered cyclic amide) rings is 1. The number of aromatic nitrogens is 2. The van der Waals surface area contributed by atoms with Crippen molar-refractivity contribution >= 4 is 76.4 Å². The molecule has 4 amide bonds. The van der Waals surface area contributed by atoms with E-state index in [-0.39, 0.29) is 29.9 Å². The van der Waals surface area contributed by atoms with Gasteiger partial charge in [0, 0.05) is 11.5 Å². The first-order chi connectivity index (χ1) is 15.7. The molecule has 178 valence electrons. The number of nitrogens with one attached hydrogen (secondary N) is 2. The first-order valence-electron chi connectivity index (χ1n) is 9.22. The Morgan fingerprint density at radius 3 is 2.76 bits per heavy atom. The van der Waals surface area contributed by atoms with E-state index in [1.165, 1.54) is 51.5 Å². The largest absolute Gasteiger partial charge is 0.477 e. The molecule has 1 aromatic heterocycles. The Balaban J connectivity index is 1.61. The predicted molar refractivity (Wildman–Crippen MR) is 127 cm³/mol. The number of guanidine groups is 1. The van der Waals surface area contributed by atoms with Crippen LogP contribution in [0, 0.1) is 0 Å². The van der Waals surface area contributed by atoms with Gasteiger partial charge in [0.25, 0.3) is 5.91 Å². The lowest BCUT2D eigenvalue weighted by molar-refractivity contribution is -0.150. The van der Waals surface area contributed by atoms with Crippen LogP contribution in [0.4, 0.5) is 4.79 Å². The molecule has 0 aliphatic carbocycles. The van der Waals surface area contributed by atoms with E-state index in [2.05, 4.69) is 25.8 Å². The lowest BCUT2D eigenvalue weighted by Crippen LogP contribution is -2.70. The molecule has 1 aromatic rings. The van der Waals surface area contributed by atoms with Crippen LogP contribution in [0.2, 0.25) is 0 Å². The first-order valence-corrected chi connectivity index (χ1v) is 13.5. The molecule has 17 heteroatoms. The number of nitrogens with two attached hydrogens (primary N) is 2. The topological polar surface area (TPSA) is 206 Å². The number of aliphatic carboxylic acids is 1. The number of carbonyl (C=O) groups is 4. The van der Waals surface area contributed by atoms with E-state index in [0.717, 1.165) is 0 Å². The molecule has 0 aromatic carbocycles. The summed E-state index contributed by atoms with van der Waals surface area (Å²) in [5, 5.41) is 22.9. The number of nitrogens with zero attached hydrogens (tertiary/aromatic N) is 4. The van der Waals surface area contributed by atoms with Crippen LogP contribution in [-0.2, 0) is 20.9 Å². The van der Waals surface area contributed by atoms with Crippen LogP contribution in [0.5, 0.6) is 0 Å². The number of urea groups is 1. The summed E-state index contributed by atoms with van der Waals surface area (Å²) in [5.41, 5.74) is 10.8. The smallest absolute Gasteiger partial charge is 0.352 e. The van der Waals surface area contributed by atoms with Gasteiger partial charge in [0.15, 0.2) is 10.3 Å². The van der Waals surface area contributed by atoms with Crippen molar-refractivity contribution in [1.29, 1.82) is 0 Å². The molecule has 3 rings (SSSR count). The Kier molecular flexibility index (Phi) is 8.44. The molecule has 1 unspecified atom stereocenters. The third kappa shape index (κ3) is 6.10. The van der Waals surface area contributed by atoms with Crippen molar-refractivity contribution in [3.63, 3.8) is 0 Å². The minimum Gasteiger partial charge on any atom is -0.477 e. The molecule has 1 saturated heterocycles. The van der Waals surface area contributed by atoms with E-state index in [1.54, 1.807) is 6.26 Å². The average Bonchev–Trinajstić information content (AvgIpc) is 3.21. The monoisotopic (exact) mass is 532 g/mol. The number of carboxylic acid groups (broad SMARTS) is 1. The zero-order valence-electron chi connectivity index (χ0n) is 17.1. The Hall–Kier alpha value is -2.50. The van der Waals surface area contributed by atoms with Crippen LogP contribution in [0.1, 0.15) is 5.01 Å². The van der Waals surface area contributed by atoms with Crippen molar-refractivity contribution in [3.05, 3.63) is 16.3 Å². The van der Waals surface area contributed by atoms with Gasteiger partial charge in [-0.2, -0.15) is 16.8 Å². The van der Waals surface area contributed by atoms with Crippen LogP contribution in [-0.4, -0.2) is 84.9 Å². The van der Waals surface area contributed by atoms with E-state index < -0.39 is 29.3 Å². The fourth-order valence-electron chi connectivity index (χ4n) is 2.97. The molecule has 3 heterocycles. The summed E-state index contributed by atoms with van der Waals surface area (Å²) in [6.07, 6.45) is 1.78. The van der Waals surface area contributed by atoms with Crippen LogP contribution >= 0.6 is 46.6 Å². The van der Waals surface area contributed by atoms with Gasteiger partial charge in [-0.1, -0.05) is 23.1 Å². The van der Waals surface area contributed by atoms with Crippen molar-refractivity contribution in [1.82, 2.24) is 25.7 Å². The van der Waals surface area contributed by atoms with Crippen molar-refractivity contribution in [2.75, 3.05) is 23.5 Å². The summed E-state index contributed by atoms with van der Waals surface area (Å²) in [7, 11) is 0. The van der Waals surface area contributed by atoms with Crippen molar-refractivity contribution in [3.8, 4) is 0 Å². The number of amides is 4. The van der Waals surface area contributed by atoms with Crippen LogP contribution in [0.15, 0.2) is 20.6 Å². The van der Waals surface area contributed by atoms with E-state index >= 15 is 0 Å². The van der Waals surface area contributed by atoms with Crippen molar-refractivity contribution in [2.45, 2.75) is 22.3 Å². The van der Waals surface area contributed by atoms with Crippen molar-refractivity contribution in [2.24, 2.45) is 16.5 Å². The van der Waals surface area contributed by atoms with E-state index in [9.17, 15) is 24.3 Å². The summed E-state index contributed by atoms with van der Waals surface area (Å²) >= 11 is 5.25. The molecule has 1 fully saturated rings. The summed E-state index contributed by atoms with van der Waals surface area (Å²) in [6.45, 7) is 0.0837. The molecule has 0 spiro atoms. The zero-order chi connectivity index (χ0) is 24.1. The maximum Gasteiger partial charge on any atom is 0.352 e. The minimum atomic E-state index is -1.20. The molecule has 0 radical (unpaired) electrons. The number of carboxylic acids is 1. The highest BCUT2D eigenvalue weighted by Crippen LogP contribution is 2.41. The zero-order valence-corrected chi connectivity index (χ0v) is 20.4. The van der Waals surface area contributed by atoms with E-state index in [1.807, 2.05) is 0 Å². The molecule has 2 aliphatic heterocycles. The highest BCUT2D eigenvalue weighted by Gasteiger charge is 2.54. The molecular weight excluding hydrogens is 512 g/mol. The summed E-state index contributed by atoms with van der Waals surface area (Å²) < 4.78 is 0.572. The molecule has 2 aliphatic rings. The number of fused-ring (bicyclic) bond motifs is 1. The van der Waals surface area contributed by atoms with Gasteiger partial charge in [-0.15, -0.1) is 22.0 Å². The van der Waals surface area contributed by atoms with Gasteiger partial charge in [0.1, 0.15) is 22.1 Å². The van der Waals surface area contributed by atoms with Gasteiger partial charge >= 0.3 is 12.0 Å². The number of rotatable bonds is 9. The Labute approximate surface area is 204 Å². The predicted octanol–water partition coefficient (Wildman–Crippen LogP) is -0.785. The van der Waals surface area contributed by atoms with E-state index in [4.69, 9.17) is 11.5 Å². The van der Waals surface area contributed by atoms with Crippen LogP contribution in [0.3, 0.4) is 0 Å². The molecule has 7 N–H and O–H groups in total. The maximum absolute atomic E-state index is 12.6. The lowest BCUT2D eigenvalue weighted by atomic mass is 10.0. The molecule has 0 bridgehead atoms. The SMILES string of the molecule is CSCC(=O)NC1C(=O)N2C(C(=O)O)=C(CSc3nnc(CNC(=O)N=C(N)N)s3)CS[C@@H]12. The number of thioether (sulfide) groups is 3. The second kappa shape index (κ2) is 11.1. The molecule has 13 nitrogen and oxygen atoms in total. The highest BCUT2D eigenvalue weighted by molar-refractivity contribution is 8.01. The average molecular weight is 533 g/mol. The van der Waals surface area contributed by atoms with Crippen LogP contribution in [0.25, 0.3) is 0 Å². The molecule has 0 saturated carbocycles. The fourth-order valence-corrected chi connectivity index (χ4v) is 6.63. The third-order valence-corrected chi connectivity index (χ3v) is 8.31. The minimum absolute atomic E-state index is 0.0548. The Bertz CT molecular complexity index is 1020. The molecule has 2 atom stereocenters. The van der Waals surface area contributed by atoms with Gasteiger partial charge < -0.3 is 27.2 Å². The number of aliphatic imine (C=N–C) groups is 1.